The zero-order chi connectivity index (χ0) is 14.7. The summed E-state index contributed by atoms with van der Waals surface area (Å²) in [6, 6.07) is 12.2. The monoisotopic (exact) mass is 312 g/mol. The Balaban J connectivity index is 1.96. The van der Waals surface area contributed by atoms with Gasteiger partial charge in [-0.2, -0.15) is 5.26 Å². The molecule has 0 radical (unpaired) electrons. The van der Waals surface area contributed by atoms with E-state index in [1.807, 2.05) is 22.9 Å². The number of aromatic nitrogens is 1. The van der Waals surface area contributed by atoms with E-state index in [1.165, 1.54) is 23.5 Å². The average Bonchev–Trinajstić information content (AvgIpc) is 3.15. The van der Waals surface area contributed by atoms with E-state index in [2.05, 4.69) is 11.1 Å². The Kier molecular flexibility index (Phi) is 3.91. The van der Waals surface area contributed by atoms with E-state index in [9.17, 15) is 9.65 Å². The van der Waals surface area contributed by atoms with E-state index in [1.54, 1.807) is 29.5 Å². The van der Waals surface area contributed by atoms with Crippen molar-refractivity contribution in [3.63, 3.8) is 0 Å². The minimum Gasteiger partial charge on any atom is -0.234 e. The van der Waals surface area contributed by atoms with Gasteiger partial charge >= 0.3 is 0 Å². The normalized spacial score (nSPS) is 11.3. The molecule has 1 aromatic carbocycles. The predicted octanol–water partition coefficient (Wildman–Crippen LogP) is 5.07. The van der Waals surface area contributed by atoms with Gasteiger partial charge in [-0.25, -0.2) is 9.37 Å². The maximum absolute atomic E-state index is 13.2. The Hall–Kier alpha value is -2.29. The summed E-state index contributed by atoms with van der Waals surface area (Å²) in [7, 11) is 0. The largest absolute Gasteiger partial charge is 0.234 e. The van der Waals surface area contributed by atoms with Gasteiger partial charge in [0.2, 0.25) is 0 Å². The zero-order valence-corrected chi connectivity index (χ0v) is 12.4. The van der Waals surface area contributed by atoms with E-state index in [-0.39, 0.29) is 5.82 Å². The van der Waals surface area contributed by atoms with Gasteiger partial charge in [0.25, 0.3) is 0 Å². The highest BCUT2D eigenvalue weighted by atomic mass is 32.1. The van der Waals surface area contributed by atoms with Crippen molar-refractivity contribution in [1.82, 2.24) is 4.98 Å². The molecule has 3 rings (SSSR count). The van der Waals surface area contributed by atoms with Crippen LogP contribution in [-0.2, 0) is 0 Å². The molecule has 0 N–H and O–H groups in total. The van der Waals surface area contributed by atoms with E-state index in [0.29, 0.717) is 16.1 Å². The molecule has 0 aliphatic rings. The lowest BCUT2D eigenvalue weighted by Gasteiger charge is -1.96. The van der Waals surface area contributed by atoms with Gasteiger partial charge in [-0.3, -0.25) is 0 Å². The molecule has 3 aromatic rings. The van der Waals surface area contributed by atoms with Crippen LogP contribution in [0.3, 0.4) is 0 Å². The third-order valence-corrected chi connectivity index (χ3v) is 4.56. The van der Waals surface area contributed by atoms with Gasteiger partial charge in [0, 0.05) is 5.38 Å². The Labute approximate surface area is 129 Å². The first-order chi connectivity index (χ1) is 10.3. The molecule has 2 heterocycles. The summed E-state index contributed by atoms with van der Waals surface area (Å²) in [6.07, 6.45) is 1.65. The maximum atomic E-state index is 13.2. The molecule has 2 nitrogen and oxygen atoms in total. The quantitative estimate of drug-likeness (QED) is 0.633. The molecular formula is C16H9FN2S2. The lowest BCUT2D eigenvalue weighted by molar-refractivity contribution is 0.627. The van der Waals surface area contributed by atoms with Gasteiger partial charge in [0.05, 0.1) is 16.1 Å². The van der Waals surface area contributed by atoms with Gasteiger partial charge < -0.3 is 0 Å². The molecule has 0 bridgehead atoms. The average molecular weight is 312 g/mol. The second-order valence-electron chi connectivity index (χ2n) is 4.24. The number of nitriles is 1. The number of thiophene rings is 1. The number of thiazole rings is 1. The van der Waals surface area contributed by atoms with Crippen LogP contribution in [0.1, 0.15) is 10.6 Å². The van der Waals surface area contributed by atoms with E-state index < -0.39 is 0 Å². The first-order valence-corrected chi connectivity index (χ1v) is 7.89. The number of benzene rings is 1. The minimum absolute atomic E-state index is 0.320. The molecule has 0 spiro atoms. The van der Waals surface area contributed by atoms with Gasteiger partial charge in [-0.15, -0.1) is 22.7 Å². The number of rotatable bonds is 3. The molecule has 0 aliphatic heterocycles. The van der Waals surface area contributed by atoms with Crippen LogP contribution in [-0.4, -0.2) is 4.98 Å². The van der Waals surface area contributed by atoms with Crippen LogP contribution in [0.5, 0.6) is 0 Å². The van der Waals surface area contributed by atoms with Crippen molar-refractivity contribution in [3.05, 3.63) is 63.5 Å². The smallest absolute Gasteiger partial charge is 0.134 e. The molecule has 2 aromatic heterocycles. The van der Waals surface area contributed by atoms with Crippen LogP contribution >= 0.6 is 22.7 Å². The van der Waals surface area contributed by atoms with Gasteiger partial charge in [-0.05, 0) is 35.2 Å². The molecule has 0 atom stereocenters. The molecule has 0 aliphatic carbocycles. The number of hydrogen-bond acceptors (Lipinski definition) is 4. The SMILES string of the molecule is N#C/C(=C/c1cccc(F)c1)c1nc(-c2cccs2)cs1. The van der Waals surface area contributed by atoms with Crippen molar-refractivity contribution in [2.75, 3.05) is 0 Å². The highest BCUT2D eigenvalue weighted by molar-refractivity contribution is 7.14. The minimum atomic E-state index is -0.320. The van der Waals surface area contributed by atoms with Crippen LogP contribution in [0, 0.1) is 17.1 Å². The van der Waals surface area contributed by atoms with Crippen LogP contribution in [0.2, 0.25) is 0 Å². The lowest BCUT2D eigenvalue weighted by Crippen LogP contribution is -1.82. The van der Waals surface area contributed by atoms with Crippen molar-refractivity contribution in [2.45, 2.75) is 0 Å². The zero-order valence-electron chi connectivity index (χ0n) is 10.8. The van der Waals surface area contributed by atoms with Gasteiger partial charge in [0.1, 0.15) is 16.9 Å². The molecule has 0 fully saturated rings. The van der Waals surface area contributed by atoms with Crippen molar-refractivity contribution in [1.29, 1.82) is 5.26 Å². The Morgan fingerprint density at radius 1 is 1.24 bits per heavy atom. The summed E-state index contributed by atoms with van der Waals surface area (Å²) < 4.78 is 13.2. The Morgan fingerprint density at radius 3 is 2.86 bits per heavy atom. The Morgan fingerprint density at radius 2 is 2.14 bits per heavy atom. The molecule has 102 valence electrons. The fourth-order valence-corrected chi connectivity index (χ4v) is 3.39. The summed E-state index contributed by atoms with van der Waals surface area (Å²) in [6.45, 7) is 0. The predicted molar refractivity (Wildman–Crippen MR) is 85.3 cm³/mol. The van der Waals surface area contributed by atoms with E-state index in [0.717, 1.165) is 10.6 Å². The second-order valence-corrected chi connectivity index (χ2v) is 6.05. The van der Waals surface area contributed by atoms with Crippen molar-refractivity contribution in [3.8, 4) is 16.6 Å². The molecule has 21 heavy (non-hydrogen) atoms. The number of halogens is 1. The highest BCUT2D eigenvalue weighted by Gasteiger charge is 2.09. The van der Waals surface area contributed by atoms with Crippen LogP contribution in [0.25, 0.3) is 22.2 Å². The number of allylic oxidation sites excluding steroid dienone is 1. The molecule has 0 saturated heterocycles. The van der Waals surface area contributed by atoms with E-state index >= 15 is 0 Å². The van der Waals surface area contributed by atoms with Gasteiger partial charge in [0.15, 0.2) is 0 Å². The summed E-state index contributed by atoms with van der Waals surface area (Å²) in [5.41, 5.74) is 1.96. The summed E-state index contributed by atoms with van der Waals surface area (Å²) >= 11 is 3.02. The molecule has 0 amide bonds. The molecular weight excluding hydrogens is 303 g/mol. The van der Waals surface area contributed by atoms with Crippen LogP contribution in [0.4, 0.5) is 4.39 Å². The first kappa shape index (κ1) is 13.7. The van der Waals surface area contributed by atoms with Gasteiger partial charge in [-0.1, -0.05) is 18.2 Å². The maximum Gasteiger partial charge on any atom is 0.134 e. The van der Waals surface area contributed by atoms with Crippen molar-refractivity contribution < 1.29 is 4.39 Å². The second kappa shape index (κ2) is 6.00. The number of hydrogen-bond donors (Lipinski definition) is 0. The third-order valence-electron chi connectivity index (χ3n) is 2.79. The topological polar surface area (TPSA) is 36.7 Å². The summed E-state index contributed by atoms with van der Waals surface area (Å²) in [5.74, 6) is -0.320. The highest BCUT2D eigenvalue weighted by Crippen LogP contribution is 2.29. The lowest BCUT2D eigenvalue weighted by atomic mass is 10.1. The number of nitrogens with zero attached hydrogens (tertiary/aromatic N) is 2. The summed E-state index contributed by atoms with van der Waals surface area (Å²) in [5, 5.41) is 13.9. The molecule has 0 saturated carbocycles. The van der Waals surface area contributed by atoms with E-state index in [4.69, 9.17) is 0 Å². The Bertz CT molecular complexity index is 826. The van der Waals surface area contributed by atoms with Crippen LogP contribution in [0.15, 0.2) is 47.2 Å². The molecule has 5 heteroatoms. The first-order valence-electron chi connectivity index (χ1n) is 6.13. The van der Waals surface area contributed by atoms with Crippen LogP contribution < -0.4 is 0 Å². The standard InChI is InChI=1S/C16H9FN2S2/c17-13-4-1-3-11(8-13)7-12(9-18)16-19-14(10-21-16)15-5-2-6-20-15/h1-8,10H/b12-7-. The van der Waals surface area contributed by atoms with Crippen molar-refractivity contribution in [2.24, 2.45) is 0 Å². The summed E-state index contributed by atoms with van der Waals surface area (Å²) in [4.78, 5) is 5.56. The van der Waals surface area contributed by atoms with Crippen molar-refractivity contribution >= 4 is 34.3 Å². The fraction of sp³-hybridized carbons (Fsp3) is 0. The fourth-order valence-electron chi connectivity index (χ4n) is 1.84. The molecule has 0 unspecified atom stereocenters. The third kappa shape index (κ3) is 3.07.